The molecule has 14 nitrogen and oxygen atoms in total. The Hall–Kier alpha value is -4.09. The van der Waals surface area contributed by atoms with Gasteiger partial charge in [0.2, 0.25) is 0 Å². The van der Waals surface area contributed by atoms with Gasteiger partial charge in [-0.1, -0.05) is 6.92 Å². The van der Waals surface area contributed by atoms with Gasteiger partial charge in [-0.05, 0) is 18.4 Å². The summed E-state index contributed by atoms with van der Waals surface area (Å²) in [6.45, 7) is 3.65. The van der Waals surface area contributed by atoms with Crippen LogP contribution in [0, 0.1) is 17.2 Å². The van der Waals surface area contributed by atoms with Gasteiger partial charge >= 0.3 is 17.9 Å². The normalized spacial score (nSPS) is 18.8. The van der Waals surface area contributed by atoms with Crippen LogP contribution >= 0.6 is 0 Å². The van der Waals surface area contributed by atoms with E-state index in [-0.39, 0.29) is 6.04 Å². The van der Waals surface area contributed by atoms with Crippen molar-refractivity contribution in [3.63, 3.8) is 0 Å². The molecule has 0 radical (unpaired) electrons. The Morgan fingerprint density at radius 1 is 1.31 bits per heavy atom. The lowest BCUT2D eigenvalue weighted by atomic mass is 9.91. The van der Waals surface area contributed by atoms with Gasteiger partial charge in [-0.3, -0.25) is 14.5 Å². The summed E-state index contributed by atoms with van der Waals surface area (Å²) < 4.78 is 0. The summed E-state index contributed by atoms with van der Waals surface area (Å²) in [5.41, 5.74) is -1.93. The maximum absolute atomic E-state index is 11.1. The topological polar surface area (TPSA) is 221 Å². The van der Waals surface area contributed by atoms with E-state index in [0.29, 0.717) is 12.5 Å². The maximum Gasteiger partial charge on any atom is 0.336 e. The zero-order chi connectivity index (χ0) is 27.0. The summed E-state index contributed by atoms with van der Waals surface area (Å²) in [5.74, 6) is -3.70. The molecule has 1 fully saturated rings. The summed E-state index contributed by atoms with van der Waals surface area (Å²) in [6.07, 6.45) is 2.79. The number of nitrogens with zero attached hydrogens (tertiary/aromatic N) is 5. The largest absolute Gasteiger partial charge is 0.481 e. The van der Waals surface area contributed by atoms with Gasteiger partial charge in [-0.15, -0.1) is 0 Å². The molecule has 3 rings (SSSR count). The van der Waals surface area contributed by atoms with Crippen LogP contribution in [0.1, 0.15) is 26.2 Å². The predicted octanol–water partition coefficient (Wildman–Crippen LogP) is -0.0529. The molecule has 1 unspecified atom stereocenters. The van der Waals surface area contributed by atoms with E-state index >= 15 is 0 Å². The molecule has 1 aliphatic heterocycles. The monoisotopic (exact) mass is 504 g/mol. The highest BCUT2D eigenvalue weighted by atomic mass is 16.4. The second-order valence-electron chi connectivity index (χ2n) is 8.56. The predicted molar refractivity (Wildman–Crippen MR) is 124 cm³/mol. The number of aldehydes is 1. The fourth-order valence-electron chi connectivity index (χ4n) is 4.04. The number of carboxylic acid groups (broad SMARTS) is 3. The number of carboxylic acids is 3. The van der Waals surface area contributed by atoms with Crippen molar-refractivity contribution >= 4 is 41.0 Å². The molecular formula is C22H28N6O8. The first-order valence-electron chi connectivity index (χ1n) is 10.9. The molecule has 194 valence electrons. The average Bonchev–Trinajstić information content (AvgIpc) is 3.29. The van der Waals surface area contributed by atoms with E-state index in [1.54, 1.807) is 6.33 Å². The van der Waals surface area contributed by atoms with E-state index in [1.807, 2.05) is 24.2 Å². The second kappa shape index (κ2) is 12.0. The fourth-order valence-corrected chi connectivity index (χ4v) is 4.04. The van der Waals surface area contributed by atoms with Gasteiger partial charge in [0.15, 0.2) is 17.9 Å². The molecule has 0 aromatic carbocycles. The molecule has 3 atom stereocenters. The summed E-state index contributed by atoms with van der Waals surface area (Å²) in [5, 5.41) is 43.9. The Kier molecular flexibility index (Phi) is 9.42. The number of aromatic amines is 1. The Bertz CT molecular complexity index is 1130. The number of carbonyl (C=O) groups excluding carboxylic acids is 1. The molecule has 0 bridgehead atoms. The van der Waals surface area contributed by atoms with Gasteiger partial charge in [0.25, 0.3) is 0 Å². The SMILES string of the molecule is C[C@@H]1CCN(C(C#N)C=O)C[C@@H]1N(C)c1ncnc2[nH]ccc12.O=C(O)CC(O)(CC(=O)O)C(=O)O. The Morgan fingerprint density at radius 3 is 2.47 bits per heavy atom. The van der Waals surface area contributed by atoms with E-state index in [9.17, 15) is 19.2 Å². The first-order valence-corrected chi connectivity index (χ1v) is 10.9. The van der Waals surface area contributed by atoms with Crippen LogP contribution in [0.3, 0.4) is 0 Å². The van der Waals surface area contributed by atoms with Gasteiger partial charge in [0.1, 0.15) is 17.8 Å². The number of hydrogen-bond donors (Lipinski definition) is 5. The molecular weight excluding hydrogens is 476 g/mol. The van der Waals surface area contributed by atoms with Crippen LogP contribution in [-0.4, -0.2) is 102 Å². The van der Waals surface area contributed by atoms with Crippen LogP contribution in [0.4, 0.5) is 5.82 Å². The number of rotatable bonds is 9. The first kappa shape index (κ1) is 28.1. The van der Waals surface area contributed by atoms with Crippen molar-refractivity contribution in [3.05, 3.63) is 18.6 Å². The van der Waals surface area contributed by atoms with Crippen LogP contribution < -0.4 is 4.90 Å². The lowest BCUT2D eigenvalue weighted by molar-refractivity contribution is -0.170. The number of aliphatic hydroxyl groups is 1. The second-order valence-corrected chi connectivity index (χ2v) is 8.56. The third kappa shape index (κ3) is 6.74. The van der Waals surface area contributed by atoms with E-state index < -0.39 is 42.4 Å². The number of piperidine rings is 1. The molecule has 3 heterocycles. The number of anilines is 1. The van der Waals surface area contributed by atoms with Crippen molar-refractivity contribution < 1.29 is 39.6 Å². The molecule has 0 aliphatic carbocycles. The highest BCUT2D eigenvalue weighted by molar-refractivity contribution is 5.88. The van der Waals surface area contributed by atoms with Crippen molar-refractivity contribution in [1.29, 1.82) is 5.26 Å². The lowest BCUT2D eigenvalue weighted by Crippen LogP contribution is -2.54. The summed E-state index contributed by atoms with van der Waals surface area (Å²) in [6, 6.07) is 3.56. The van der Waals surface area contributed by atoms with Gasteiger partial charge in [0, 0.05) is 32.4 Å². The molecule has 2 aromatic heterocycles. The number of hydrogen-bond acceptors (Lipinski definition) is 10. The summed E-state index contributed by atoms with van der Waals surface area (Å²) >= 11 is 0. The Morgan fingerprint density at radius 2 is 1.94 bits per heavy atom. The standard InChI is InChI=1S/C16H20N6O.C6H8O7/c1-11-4-6-22(12(7-17)9-23)8-14(11)21(2)16-13-3-5-18-15(13)19-10-20-16;7-3(8)1-6(13,5(11)12)2-4(9)10/h3,5,9-12,14H,4,6,8H2,1-2H3,(H,18,19,20);13H,1-2H2,(H,7,8)(H,9,10)(H,11,12)/t11-,12?,14+;/m1./s1. The Labute approximate surface area is 205 Å². The molecule has 0 amide bonds. The summed E-state index contributed by atoms with van der Waals surface area (Å²) in [7, 11) is 2.02. The highest BCUT2D eigenvalue weighted by Gasteiger charge is 2.40. The quantitative estimate of drug-likeness (QED) is 0.283. The van der Waals surface area contributed by atoms with Gasteiger partial charge in [-0.25, -0.2) is 14.8 Å². The third-order valence-corrected chi connectivity index (χ3v) is 6.05. The number of likely N-dealkylation sites (tertiary alicyclic amines) is 1. The van der Waals surface area contributed by atoms with Crippen LogP contribution in [0.5, 0.6) is 0 Å². The number of carbonyl (C=O) groups is 4. The van der Waals surface area contributed by atoms with Crippen molar-refractivity contribution in [3.8, 4) is 6.07 Å². The minimum absolute atomic E-state index is 0.188. The number of likely N-dealkylation sites (N-methyl/N-ethyl adjacent to an activating group) is 1. The fraction of sp³-hybridized carbons (Fsp3) is 0.500. The van der Waals surface area contributed by atoms with Crippen LogP contribution in [-0.2, 0) is 19.2 Å². The zero-order valence-electron chi connectivity index (χ0n) is 19.7. The molecule has 0 saturated carbocycles. The number of H-pyrrole nitrogens is 1. The van der Waals surface area contributed by atoms with Gasteiger partial charge < -0.3 is 35.1 Å². The maximum atomic E-state index is 11.1. The molecule has 36 heavy (non-hydrogen) atoms. The molecule has 5 N–H and O–H groups in total. The zero-order valence-corrected chi connectivity index (χ0v) is 19.7. The average molecular weight is 505 g/mol. The minimum atomic E-state index is -2.74. The van der Waals surface area contributed by atoms with E-state index in [4.69, 9.17) is 25.7 Å². The van der Waals surface area contributed by atoms with Crippen LogP contribution in [0.25, 0.3) is 11.0 Å². The molecule has 1 aliphatic rings. The number of fused-ring (bicyclic) bond motifs is 1. The molecule has 1 saturated heterocycles. The highest BCUT2D eigenvalue weighted by Crippen LogP contribution is 2.29. The molecule has 0 spiro atoms. The number of aromatic nitrogens is 3. The smallest absolute Gasteiger partial charge is 0.336 e. The lowest BCUT2D eigenvalue weighted by Gasteiger charge is -2.42. The molecule has 2 aromatic rings. The first-order chi connectivity index (χ1) is 16.9. The number of nitrogens with one attached hydrogen (secondary N) is 1. The third-order valence-electron chi connectivity index (χ3n) is 6.05. The summed E-state index contributed by atoms with van der Waals surface area (Å²) in [4.78, 5) is 57.4. The van der Waals surface area contributed by atoms with E-state index in [0.717, 1.165) is 36.1 Å². The van der Waals surface area contributed by atoms with Crippen LogP contribution in [0.15, 0.2) is 18.6 Å². The number of aliphatic carboxylic acids is 3. The van der Waals surface area contributed by atoms with Crippen molar-refractivity contribution in [2.24, 2.45) is 5.92 Å². The van der Waals surface area contributed by atoms with Crippen molar-refractivity contribution in [2.45, 2.75) is 43.9 Å². The van der Waals surface area contributed by atoms with E-state index in [2.05, 4.69) is 32.8 Å². The van der Waals surface area contributed by atoms with Crippen LogP contribution in [0.2, 0.25) is 0 Å². The van der Waals surface area contributed by atoms with E-state index in [1.165, 1.54) is 0 Å². The Balaban J connectivity index is 0.000000302. The van der Waals surface area contributed by atoms with Crippen molar-refractivity contribution in [1.82, 2.24) is 19.9 Å². The van der Waals surface area contributed by atoms with Gasteiger partial charge in [0.05, 0.1) is 24.3 Å². The number of nitriles is 1. The van der Waals surface area contributed by atoms with Gasteiger partial charge in [-0.2, -0.15) is 5.26 Å². The van der Waals surface area contributed by atoms with Crippen molar-refractivity contribution in [2.75, 3.05) is 25.0 Å². The minimum Gasteiger partial charge on any atom is -0.481 e. The molecule has 14 heteroatoms.